The van der Waals surface area contributed by atoms with E-state index in [4.69, 9.17) is 4.74 Å². The summed E-state index contributed by atoms with van der Waals surface area (Å²) >= 11 is 0. The smallest absolute Gasteiger partial charge is 0.211 e. The van der Waals surface area contributed by atoms with E-state index >= 15 is 0 Å². The molecular formula is C13H25N5O3S. The van der Waals surface area contributed by atoms with Crippen molar-refractivity contribution in [1.82, 2.24) is 24.8 Å². The number of ether oxygens (including phenoxy) is 1. The van der Waals surface area contributed by atoms with Crippen LogP contribution < -0.4 is 4.72 Å². The SMILES string of the molecule is CCS(=O)(=O)NCCN1CCOC(c2nc(C(C)C)n[nH]2)C1. The number of H-pyrrole nitrogens is 1. The van der Waals surface area contributed by atoms with Crippen LogP contribution in [0.4, 0.5) is 0 Å². The van der Waals surface area contributed by atoms with Crippen molar-refractivity contribution in [1.29, 1.82) is 0 Å². The highest BCUT2D eigenvalue weighted by atomic mass is 32.2. The Morgan fingerprint density at radius 2 is 2.27 bits per heavy atom. The Morgan fingerprint density at radius 1 is 1.50 bits per heavy atom. The summed E-state index contributed by atoms with van der Waals surface area (Å²) in [6, 6.07) is 0. The minimum Gasteiger partial charge on any atom is -0.368 e. The summed E-state index contributed by atoms with van der Waals surface area (Å²) in [5.74, 6) is 1.90. The van der Waals surface area contributed by atoms with Gasteiger partial charge in [-0.2, -0.15) is 5.10 Å². The van der Waals surface area contributed by atoms with Gasteiger partial charge >= 0.3 is 0 Å². The lowest BCUT2D eigenvalue weighted by Gasteiger charge is -2.31. The van der Waals surface area contributed by atoms with Gasteiger partial charge in [-0.25, -0.2) is 18.1 Å². The molecule has 8 nitrogen and oxygen atoms in total. The highest BCUT2D eigenvalue weighted by molar-refractivity contribution is 7.89. The van der Waals surface area contributed by atoms with Crippen molar-refractivity contribution in [3.8, 4) is 0 Å². The van der Waals surface area contributed by atoms with Crippen molar-refractivity contribution < 1.29 is 13.2 Å². The lowest BCUT2D eigenvalue weighted by atomic mass is 10.2. The van der Waals surface area contributed by atoms with E-state index in [1.54, 1.807) is 6.92 Å². The van der Waals surface area contributed by atoms with Crippen LogP contribution in [-0.2, 0) is 14.8 Å². The van der Waals surface area contributed by atoms with Gasteiger partial charge in [-0.05, 0) is 6.92 Å². The molecule has 1 aromatic heterocycles. The lowest BCUT2D eigenvalue weighted by Crippen LogP contribution is -2.43. The van der Waals surface area contributed by atoms with Gasteiger partial charge in [-0.3, -0.25) is 10.00 Å². The number of sulfonamides is 1. The van der Waals surface area contributed by atoms with E-state index in [0.29, 0.717) is 26.2 Å². The summed E-state index contributed by atoms with van der Waals surface area (Å²) in [6.45, 7) is 8.85. The number of nitrogens with one attached hydrogen (secondary N) is 2. The van der Waals surface area contributed by atoms with Gasteiger partial charge in [-0.1, -0.05) is 13.8 Å². The monoisotopic (exact) mass is 331 g/mol. The minimum atomic E-state index is -3.13. The largest absolute Gasteiger partial charge is 0.368 e. The van der Waals surface area contributed by atoms with Gasteiger partial charge < -0.3 is 4.74 Å². The van der Waals surface area contributed by atoms with E-state index in [0.717, 1.165) is 18.2 Å². The van der Waals surface area contributed by atoms with Gasteiger partial charge in [0.25, 0.3) is 0 Å². The molecule has 0 aromatic carbocycles. The second kappa shape index (κ2) is 7.49. The summed E-state index contributed by atoms with van der Waals surface area (Å²) in [5, 5.41) is 7.14. The average Bonchev–Trinajstić information content (AvgIpc) is 2.97. The number of rotatable bonds is 7. The number of morpholine rings is 1. The van der Waals surface area contributed by atoms with E-state index < -0.39 is 10.0 Å². The molecule has 2 rings (SSSR count). The molecule has 1 unspecified atom stereocenters. The van der Waals surface area contributed by atoms with Crippen LogP contribution in [0.1, 0.15) is 44.4 Å². The number of hydrogen-bond acceptors (Lipinski definition) is 6. The van der Waals surface area contributed by atoms with Crippen LogP contribution in [0.3, 0.4) is 0 Å². The van der Waals surface area contributed by atoms with E-state index in [2.05, 4.69) is 24.8 Å². The highest BCUT2D eigenvalue weighted by Gasteiger charge is 2.25. The first-order valence-corrected chi connectivity index (χ1v) is 9.30. The molecule has 1 aliphatic rings. The van der Waals surface area contributed by atoms with Crippen molar-refractivity contribution in [2.45, 2.75) is 32.8 Å². The number of aromatic amines is 1. The van der Waals surface area contributed by atoms with Gasteiger partial charge in [-0.15, -0.1) is 0 Å². The van der Waals surface area contributed by atoms with Crippen LogP contribution in [0.5, 0.6) is 0 Å². The molecule has 1 atom stereocenters. The van der Waals surface area contributed by atoms with Crippen LogP contribution in [0.25, 0.3) is 0 Å². The maximum absolute atomic E-state index is 11.4. The van der Waals surface area contributed by atoms with Crippen molar-refractivity contribution in [3.63, 3.8) is 0 Å². The van der Waals surface area contributed by atoms with Gasteiger partial charge in [0.05, 0.1) is 12.4 Å². The topological polar surface area (TPSA) is 100 Å². The maximum Gasteiger partial charge on any atom is 0.211 e. The standard InChI is InChI=1S/C13H25N5O3S/c1-4-22(19,20)14-5-6-18-7-8-21-11(9-18)13-15-12(10(2)3)16-17-13/h10-11,14H,4-9H2,1-3H3,(H,15,16,17). The second-order valence-electron chi connectivity index (χ2n) is 5.69. The predicted octanol–water partition coefficient (Wildman–Crippen LogP) is 0.241. The minimum absolute atomic E-state index is 0.106. The van der Waals surface area contributed by atoms with Crippen molar-refractivity contribution in [3.05, 3.63) is 11.6 Å². The van der Waals surface area contributed by atoms with Crippen LogP contribution >= 0.6 is 0 Å². The van der Waals surface area contributed by atoms with Crippen LogP contribution in [-0.4, -0.2) is 67.0 Å². The van der Waals surface area contributed by atoms with Gasteiger partial charge in [0.15, 0.2) is 11.6 Å². The summed E-state index contributed by atoms with van der Waals surface area (Å²) in [4.78, 5) is 6.64. The van der Waals surface area contributed by atoms with Gasteiger partial charge in [0.1, 0.15) is 6.10 Å². The molecule has 22 heavy (non-hydrogen) atoms. The first kappa shape index (κ1) is 17.3. The fourth-order valence-electron chi connectivity index (χ4n) is 2.22. The summed E-state index contributed by atoms with van der Waals surface area (Å²) < 4.78 is 31.2. The van der Waals surface area contributed by atoms with Crippen LogP contribution in [0.15, 0.2) is 0 Å². The molecule has 0 radical (unpaired) electrons. The van der Waals surface area contributed by atoms with Crippen molar-refractivity contribution in [2.75, 3.05) is 38.5 Å². The fourth-order valence-corrected chi connectivity index (χ4v) is 2.83. The quantitative estimate of drug-likeness (QED) is 0.742. The van der Waals surface area contributed by atoms with E-state index in [-0.39, 0.29) is 17.8 Å². The Morgan fingerprint density at radius 3 is 2.91 bits per heavy atom. The lowest BCUT2D eigenvalue weighted by molar-refractivity contribution is -0.0333. The molecule has 9 heteroatoms. The molecule has 2 N–H and O–H groups in total. The molecule has 0 spiro atoms. The van der Waals surface area contributed by atoms with Crippen molar-refractivity contribution >= 4 is 10.0 Å². The van der Waals surface area contributed by atoms with Crippen LogP contribution in [0.2, 0.25) is 0 Å². The van der Waals surface area contributed by atoms with Crippen molar-refractivity contribution in [2.24, 2.45) is 0 Å². The summed E-state index contributed by atoms with van der Waals surface area (Å²) in [7, 11) is -3.13. The average molecular weight is 331 g/mol. The Labute approximate surface area is 131 Å². The third-order valence-corrected chi connectivity index (χ3v) is 5.03. The molecule has 0 aliphatic carbocycles. The Bertz CT molecular complexity index is 572. The van der Waals surface area contributed by atoms with Gasteiger partial charge in [0.2, 0.25) is 10.0 Å². The predicted molar refractivity (Wildman–Crippen MR) is 83.1 cm³/mol. The summed E-state index contributed by atoms with van der Waals surface area (Å²) in [5.41, 5.74) is 0. The number of nitrogens with zero attached hydrogens (tertiary/aromatic N) is 3. The third-order valence-electron chi connectivity index (χ3n) is 3.62. The molecule has 0 bridgehead atoms. The molecule has 2 heterocycles. The zero-order valence-corrected chi connectivity index (χ0v) is 14.2. The van der Waals surface area contributed by atoms with Gasteiger partial charge in [0, 0.05) is 32.1 Å². The zero-order chi connectivity index (χ0) is 16.2. The van der Waals surface area contributed by atoms with E-state index in [1.165, 1.54) is 0 Å². The Kier molecular flexibility index (Phi) is 5.90. The fraction of sp³-hybridized carbons (Fsp3) is 0.846. The molecule has 1 aromatic rings. The molecule has 126 valence electrons. The first-order chi connectivity index (χ1) is 10.4. The molecular weight excluding hydrogens is 306 g/mol. The highest BCUT2D eigenvalue weighted by Crippen LogP contribution is 2.20. The Balaban J connectivity index is 1.86. The third kappa shape index (κ3) is 4.73. The van der Waals surface area contributed by atoms with E-state index in [1.807, 2.05) is 13.8 Å². The molecule has 1 fully saturated rings. The summed E-state index contributed by atoms with van der Waals surface area (Å²) in [6.07, 6.45) is -0.142. The molecule has 0 amide bonds. The number of aromatic nitrogens is 3. The van der Waals surface area contributed by atoms with Crippen LogP contribution in [0, 0.1) is 0 Å². The van der Waals surface area contributed by atoms with E-state index in [9.17, 15) is 8.42 Å². The molecule has 1 aliphatic heterocycles. The molecule has 1 saturated heterocycles. The Hall–Kier alpha value is -1.03. The molecule has 0 saturated carbocycles. The normalized spacial score (nSPS) is 20.6. The first-order valence-electron chi connectivity index (χ1n) is 7.64. The maximum atomic E-state index is 11.4. The number of hydrogen-bond donors (Lipinski definition) is 2. The second-order valence-corrected chi connectivity index (χ2v) is 7.79. The zero-order valence-electron chi connectivity index (χ0n) is 13.4.